The number of piperidine rings is 1. The van der Waals surface area contributed by atoms with Crippen molar-refractivity contribution in [2.24, 2.45) is 5.73 Å². The topological polar surface area (TPSA) is 62.3 Å². The van der Waals surface area contributed by atoms with Gasteiger partial charge in [-0.05, 0) is 37.1 Å². The van der Waals surface area contributed by atoms with Crippen molar-refractivity contribution < 1.29 is 9.13 Å². The minimum Gasteiger partial charge on any atom is -0.384 e. The molecule has 0 spiro atoms. The predicted octanol–water partition coefficient (Wildman–Crippen LogP) is 1.72. The first-order chi connectivity index (χ1) is 9.10. The van der Waals surface area contributed by atoms with Crippen LogP contribution in [-0.4, -0.2) is 37.0 Å². The maximum absolute atomic E-state index is 13.2. The SMILES string of the molecule is COC1CCCN(Cc2ccc(F)cc2C(=N)N)C1. The Hall–Kier alpha value is -1.46. The van der Waals surface area contributed by atoms with Gasteiger partial charge in [-0.1, -0.05) is 6.07 Å². The Morgan fingerprint density at radius 2 is 2.37 bits per heavy atom. The molecule has 1 aromatic rings. The van der Waals surface area contributed by atoms with Crippen molar-refractivity contribution in [3.63, 3.8) is 0 Å². The highest BCUT2D eigenvalue weighted by Gasteiger charge is 2.20. The van der Waals surface area contributed by atoms with E-state index in [1.165, 1.54) is 12.1 Å². The van der Waals surface area contributed by atoms with Crippen LogP contribution in [0.15, 0.2) is 18.2 Å². The first-order valence-corrected chi connectivity index (χ1v) is 6.48. The van der Waals surface area contributed by atoms with E-state index in [1.54, 1.807) is 13.2 Å². The number of amidine groups is 1. The average Bonchev–Trinajstić information content (AvgIpc) is 2.41. The first kappa shape index (κ1) is 14.0. The molecule has 0 aromatic heterocycles. The van der Waals surface area contributed by atoms with E-state index in [0.717, 1.165) is 31.5 Å². The van der Waals surface area contributed by atoms with Gasteiger partial charge in [0.25, 0.3) is 0 Å². The van der Waals surface area contributed by atoms with Gasteiger partial charge in [-0.3, -0.25) is 10.3 Å². The number of halogens is 1. The number of ether oxygens (including phenoxy) is 1. The summed E-state index contributed by atoms with van der Waals surface area (Å²) in [6, 6.07) is 4.46. The summed E-state index contributed by atoms with van der Waals surface area (Å²) in [6.45, 7) is 2.54. The number of nitrogen functional groups attached to an aromatic ring is 1. The van der Waals surface area contributed by atoms with Crippen molar-refractivity contribution in [2.45, 2.75) is 25.5 Å². The Kier molecular flexibility index (Phi) is 4.50. The van der Waals surface area contributed by atoms with E-state index in [9.17, 15) is 4.39 Å². The van der Waals surface area contributed by atoms with Gasteiger partial charge in [-0.15, -0.1) is 0 Å². The van der Waals surface area contributed by atoms with E-state index in [2.05, 4.69) is 4.90 Å². The monoisotopic (exact) mass is 265 g/mol. The van der Waals surface area contributed by atoms with Gasteiger partial charge in [0.15, 0.2) is 0 Å². The molecular formula is C14H20FN3O. The molecule has 3 N–H and O–H groups in total. The Bertz CT molecular complexity index is 464. The summed E-state index contributed by atoms with van der Waals surface area (Å²) in [5, 5.41) is 7.53. The molecule has 2 rings (SSSR count). The second-order valence-electron chi connectivity index (χ2n) is 4.95. The van der Waals surface area contributed by atoms with Gasteiger partial charge in [-0.2, -0.15) is 0 Å². The van der Waals surface area contributed by atoms with Gasteiger partial charge >= 0.3 is 0 Å². The average molecular weight is 265 g/mol. The molecule has 1 fully saturated rings. The molecule has 0 saturated carbocycles. The van der Waals surface area contributed by atoms with Crippen LogP contribution < -0.4 is 5.73 Å². The van der Waals surface area contributed by atoms with Crippen molar-refractivity contribution in [2.75, 3.05) is 20.2 Å². The van der Waals surface area contributed by atoms with E-state index < -0.39 is 0 Å². The van der Waals surface area contributed by atoms with Crippen LogP contribution in [-0.2, 0) is 11.3 Å². The molecule has 19 heavy (non-hydrogen) atoms. The molecule has 0 amide bonds. The van der Waals surface area contributed by atoms with Crippen LogP contribution in [0.5, 0.6) is 0 Å². The summed E-state index contributed by atoms with van der Waals surface area (Å²) in [6.07, 6.45) is 2.43. The van der Waals surface area contributed by atoms with Crippen molar-refractivity contribution in [1.82, 2.24) is 4.90 Å². The number of nitrogens with zero attached hydrogens (tertiary/aromatic N) is 1. The summed E-state index contributed by atoms with van der Waals surface area (Å²) >= 11 is 0. The maximum Gasteiger partial charge on any atom is 0.123 e. The molecule has 5 heteroatoms. The zero-order valence-corrected chi connectivity index (χ0v) is 11.2. The highest BCUT2D eigenvalue weighted by Crippen LogP contribution is 2.18. The number of rotatable bonds is 4. The highest BCUT2D eigenvalue weighted by atomic mass is 19.1. The zero-order valence-electron chi connectivity index (χ0n) is 11.2. The van der Waals surface area contributed by atoms with Crippen molar-refractivity contribution in [3.05, 3.63) is 35.1 Å². The van der Waals surface area contributed by atoms with Gasteiger partial charge in [-0.25, -0.2) is 4.39 Å². The minimum absolute atomic E-state index is 0.0881. The number of hydrogen-bond donors (Lipinski definition) is 2. The number of benzene rings is 1. The number of nitrogens with two attached hydrogens (primary N) is 1. The van der Waals surface area contributed by atoms with Crippen LogP contribution in [0.25, 0.3) is 0 Å². The number of nitrogens with one attached hydrogen (secondary N) is 1. The van der Waals surface area contributed by atoms with Crippen LogP contribution in [0.2, 0.25) is 0 Å². The summed E-state index contributed by atoms with van der Waals surface area (Å²) in [4.78, 5) is 2.26. The molecule has 4 nitrogen and oxygen atoms in total. The molecule has 1 aliphatic rings. The van der Waals surface area contributed by atoms with Gasteiger partial charge < -0.3 is 10.5 Å². The Morgan fingerprint density at radius 1 is 1.58 bits per heavy atom. The second-order valence-corrected chi connectivity index (χ2v) is 4.95. The Balaban J connectivity index is 2.12. The van der Waals surface area contributed by atoms with E-state index in [0.29, 0.717) is 12.1 Å². The van der Waals surface area contributed by atoms with E-state index in [1.807, 2.05) is 0 Å². The summed E-state index contributed by atoms with van der Waals surface area (Å²) in [5.41, 5.74) is 6.90. The minimum atomic E-state index is -0.359. The molecule has 0 aliphatic carbocycles. The lowest BCUT2D eigenvalue weighted by molar-refractivity contribution is 0.0285. The molecule has 0 bridgehead atoms. The van der Waals surface area contributed by atoms with Crippen LogP contribution >= 0.6 is 0 Å². The standard InChI is InChI=1S/C14H20FN3O/c1-19-12-3-2-6-18(9-12)8-10-4-5-11(15)7-13(10)14(16)17/h4-5,7,12H,2-3,6,8-9H2,1H3,(H3,16,17). The first-order valence-electron chi connectivity index (χ1n) is 6.48. The lowest BCUT2D eigenvalue weighted by Gasteiger charge is -2.32. The fourth-order valence-electron chi connectivity index (χ4n) is 2.53. The normalized spacial score (nSPS) is 20.4. The second kappa shape index (κ2) is 6.12. The molecule has 1 heterocycles. The van der Waals surface area contributed by atoms with Crippen LogP contribution in [0, 0.1) is 11.2 Å². The quantitative estimate of drug-likeness (QED) is 0.643. The van der Waals surface area contributed by atoms with E-state index in [-0.39, 0.29) is 17.8 Å². The molecular weight excluding hydrogens is 245 g/mol. The van der Waals surface area contributed by atoms with Gasteiger partial charge in [0.05, 0.1) is 6.10 Å². The fourth-order valence-corrected chi connectivity index (χ4v) is 2.53. The van der Waals surface area contributed by atoms with Crippen LogP contribution in [0.3, 0.4) is 0 Å². The van der Waals surface area contributed by atoms with Gasteiger partial charge in [0.2, 0.25) is 0 Å². The molecule has 1 aliphatic heterocycles. The third-order valence-electron chi connectivity index (χ3n) is 3.55. The molecule has 0 radical (unpaired) electrons. The summed E-state index contributed by atoms with van der Waals surface area (Å²) in [7, 11) is 1.73. The summed E-state index contributed by atoms with van der Waals surface area (Å²) in [5.74, 6) is -0.447. The molecule has 104 valence electrons. The fraction of sp³-hybridized carbons (Fsp3) is 0.500. The molecule has 1 unspecified atom stereocenters. The smallest absolute Gasteiger partial charge is 0.123 e. The van der Waals surface area contributed by atoms with E-state index in [4.69, 9.17) is 15.9 Å². The number of hydrogen-bond acceptors (Lipinski definition) is 3. The maximum atomic E-state index is 13.2. The highest BCUT2D eigenvalue weighted by molar-refractivity contribution is 5.96. The largest absolute Gasteiger partial charge is 0.384 e. The lowest BCUT2D eigenvalue weighted by atomic mass is 10.0. The third-order valence-corrected chi connectivity index (χ3v) is 3.55. The molecule has 1 atom stereocenters. The number of methoxy groups -OCH3 is 1. The predicted molar refractivity (Wildman–Crippen MR) is 72.7 cm³/mol. The summed E-state index contributed by atoms with van der Waals surface area (Å²) < 4.78 is 18.6. The van der Waals surface area contributed by atoms with Crippen molar-refractivity contribution in [1.29, 1.82) is 5.41 Å². The van der Waals surface area contributed by atoms with Gasteiger partial charge in [0, 0.05) is 25.8 Å². The lowest BCUT2D eigenvalue weighted by Crippen LogP contribution is -2.39. The Labute approximate surface area is 112 Å². The van der Waals surface area contributed by atoms with Gasteiger partial charge in [0.1, 0.15) is 11.7 Å². The zero-order chi connectivity index (χ0) is 13.8. The van der Waals surface area contributed by atoms with Crippen molar-refractivity contribution in [3.8, 4) is 0 Å². The number of likely N-dealkylation sites (tertiary alicyclic amines) is 1. The van der Waals surface area contributed by atoms with Crippen molar-refractivity contribution >= 4 is 5.84 Å². The molecule has 1 aromatic carbocycles. The third kappa shape index (κ3) is 3.52. The van der Waals surface area contributed by atoms with Crippen LogP contribution in [0.1, 0.15) is 24.0 Å². The molecule has 1 saturated heterocycles. The van der Waals surface area contributed by atoms with E-state index >= 15 is 0 Å². The Morgan fingerprint density at radius 3 is 3.05 bits per heavy atom. The van der Waals surface area contributed by atoms with Crippen LogP contribution in [0.4, 0.5) is 4.39 Å².